The first-order valence-electron chi connectivity index (χ1n) is 4.09. The first-order valence-corrected chi connectivity index (χ1v) is 5.53. The predicted octanol–water partition coefficient (Wildman–Crippen LogP) is -0.633. The molecule has 0 aromatic heterocycles. The highest BCUT2D eigenvalue weighted by Gasteiger charge is 2.18. The molecule has 0 aromatic rings. The smallest absolute Gasteiger partial charge is 0.279 e. The van der Waals surface area contributed by atoms with Crippen molar-refractivity contribution >= 4 is 10.2 Å². The summed E-state index contributed by atoms with van der Waals surface area (Å²) in [6.45, 7) is -0.293. The Balaban J connectivity index is 4.04. The van der Waals surface area contributed by atoms with Crippen molar-refractivity contribution in [1.29, 1.82) is 0 Å². The average Bonchev–Trinajstić information content (AvgIpc) is 2.11. The van der Waals surface area contributed by atoms with Gasteiger partial charge in [-0.25, -0.2) is 8.78 Å². The Labute approximate surface area is 82.4 Å². The molecule has 0 aliphatic rings. The number of hydrogen-bond acceptors (Lipinski definition) is 3. The Morgan fingerprint density at radius 2 is 2.07 bits per heavy atom. The summed E-state index contributed by atoms with van der Waals surface area (Å²) in [6.07, 6.45) is -2.20. The largest absolute Gasteiger partial charge is 0.330 e. The van der Waals surface area contributed by atoms with Crippen LogP contribution in [0.5, 0.6) is 0 Å². The van der Waals surface area contributed by atoms with Crippen molar-refractivity contribution in [1.82, 2.24) is 9.03 Å². The van der Waals surface area contributed by atoms with Gasteiger partial charge in [0.15, 0.2) is 0 Å². The van der Waals surface area contributed by atoms with Gasteiger partial charge in [-0.15, -0.1) is 0 Å². The predicted molar refractivity (Wildman–Crippen MR) is 49.2 cm³/mol. The first-order chi connectivity index (χ1) is 6.40. The Bertz CT molecular complexity index is 245. The lowest BCUT2D eigenvalue weighted by atomic mass is 10.4. The van der Waals surface area contributed by atoms with E-state index >= 15 is 0 Å². The Morgan fingerprint density at radius 3 is 2.50 bits per heavy atom. The lowest BCUT2D eigenvalue weighted by molar-refractivity contribution is 0.152. The van der Waals surface area contributed by atoms with Crippen molar-refractivity contribution in [2.45, 2.75) is 12.8 Å². The van der Waals surface area contributed by atoms with E-state index in [4.69, 9.17) is 5.73 Å². The fourth-order valence-electron chi connectivity index (χ4n) is 0.713. The number of hydrogen-bond donors (Lipinski definition) is 2. The molecule has 0 radical (unpaired) electrons. The first kappa shape index (κ1) is 13.7. The van der Waals surface area contributed by atoms with Crippen LogP contribution in [0.25, 0.3) is 0 Å². The fourth-order valence-corrected chi connectivity index (χ4v) is 1.64. The molecule has 5 nitrogen and oxygen atoms in total. The average molecular weight is 231 g/mol. The molecule has 3 N–H and O–H groups in total. The summed E-state index contributed by atoms with van der Waals surface area (Å²) >= 11 is 0. The van der Waals surface area contributed by atoms with E-state index in [1.807, 2.05) is 0 Å². The summed E-state index contributed by atoms with van der Waals surface area (Å²) in [4.78, 5) is 0. The van der Waals surface area contributed by atoms with E-state index in [1.165, 1.54) is 7.05 Å². The van der Waals surface area contributed by atoms with Crippen LogP contribution in [0, 0.1) is 0 Å². The van der Waals surface area contributed by atoms with E-state index in [0.717, 1.165) is 4.31 Å². The molecule has 86 valence electrons. The van der Waals surface area contributed by atoms with Crippen LogP contribution in [0.3, 0.4) is 0 Å². The highest BCUT2D eigenvalue weighted by Crippen LogP contribution is 1.97. The van der Waals surface area contributed by atoms with Crippen LogP contribution in [0.2, 0.25) is 0 Å². The van der Waals surface area contributed by atoms with Crippen LogP contribution in [0.4, 0.5) is 8.78 Å². The van der Waals surface area contributed by atoms with Gasteiger partial charge in [0.05, 0.1) is 6.54 Å². The molecule has 0 atom stereocenters. The summed E-state index contributed by atoms with van der Waals surface area (Å²) in [6, 6.07) is 0. The van der Waals surface area contributed by atoms with E-state index in [-0.39, 0.29) is 6.54 Å². The van der Waals surface area contributed by atoms with Crippen LogP contribution in [-0.4, -0.2) is 45.8 Å². The van der Waals surface area contributed by atoms with Crippen LogP contribution >= 0.6 is 0 Å². The van der Waals surface area contributed by atoms with Gasteiger partial charge in [0.2, 0.25) is 0 Å². The highest BCUT2D eigenvalue weighted by atomic mass is 32.2. The molecule has 8 heteroatoms. The second kappa shape index (κ2) is 6.23. The maximum absolute atomic E-state index is 11.7. The number of nitrogens with one attached hydrogen (secondary N) is 1. The maximum atomic E-state index is 11.7. The minimum atomic E-state index is -3.78. The second-order valence-electron chi connectivity index (χ2n) is 2.71. The van der Waals surface area contributed by atoms with Crippen LogP contribution in [-0.2, 0) is 10.2 Å². The minimum absolute atomic E-state index is 0.217. The summed E-state index contributed by atoms with van der Waals surface area (Å²) in [5.41, 5.74) is 5.18. The van der Waals surface area contributed by atoms with Crippen LogP contribution in [0.1, 0.15) is 6.42 Å². The third kappa shape index (κ3) is 5.43. The molecule has 0 rings (SSSR count). The lowest BCUT2D eigenvalue weighted by Crippen LogP contribution is -2.41. The molecule has 0 aliphatic heterocycles. The van der Waals surface area contributed by atoms with E-state index < -0.39 is 23.2 Å². The summed E-state index contributed by atoms with van der Waals surface area (Å²) in [7, 11) is -2.47. The van der Waals surface area contributed by atoms with Gasteiger partial charge in [-0.1, -0.05) is 0 Å². The van der Waals surface area contributed by atoms with Crippen molar-refractivity contribution in [3.63, 3.8) is 0 Å². The summed E-state index contributed by atoms with van der Waals surface area (Å²) in [5.74, 6) is 0. The maximum Gasteiger partial charge on any atom is 0.279 e. The van der Waals surface area contributed by atoms with Gasteiger partial charge in [-0.05, 0) is 13.0 Å². The van der Waals surface area contributed by atoms with Gasteiger partial charge in [-0.2, -0.15) is 17.4 Å². The molecule has 0 saturated heterocycles. The number of alkyl halides is 2. The van der Waals surface area contributed by atoms with Crippen molar-refractivity contribution < 1.29 is 17.2 Å². The van der Waals surface area contributed by atoms with Gasteiger partial charge in [0.1, 0.15) is 0 Å². The Morgan fingerprint density at radius 1 is 1.50 bits per heavy atom. The van der Waals surface area contributed by atoms with Gasteiger partial charge >= 0.3 is 0 Å². The molecular formula is C6H15F2N3O2S. The minimum Gasteiger partial charge on any atom is -0.330 e. The molecular weight excluding hydrogens is 216 g/mol. The summed E-state index contributed by atoms with van der Waals surface area (Å²) in [5, 5.41) is 0. The molecule has 0 fully saturated rings. The summed E-state index contributed by atoms with van der Waals surface area (Å²) < 4.78 is 48.5. The monoisotopic (exact) mass is 231 g/mol. The standard InChI is InChI=1S/C6H15F2N3O2S/c1-11(4-2-3-9)14(12,13)10-5-6(7)8/h6,10H,2-5,9H2,1H3. The molecule has 0 aliphatic carbocycles. The van der Waals surface area contributed by atoms with Crippen LogP contribution < -0.4 is 10.5 Å². The third-order valence-corrected chi connectivity index (χ3v) is 3.04. The fraction of sp³-hybridized carbons (Fsp3) is 1.00. The van der Waals surface area contributed by atoms with Gasteiger partial charge < -0.3 is 5.73 Å². The zero-order valence-electron chi connectivity index (χ0n) is 7.91. The zero-order valence-corrected chi connectivity index (χ0v) is 8.73. The van der Waals surface area contributed by atoms with Gasteiger partial charge in [0, 0.05) is 13.6 Å². The molecule has 0 amide bonds. The topological polar surface area (TPSA) is 75.4 Å². The van der Waals surface area contributed by atoms with Crippen molar-refractivity contribution in [3.05, 3.63) is 0 Å². The lowest BCUT2D eigenvalue weighted by Gasteiger charge is -2.16. The number of nitrogens with zero attached hydrogens (tertiary/aromatic N) is 1. The molecule has 0 bridgehead atoms. The van der Waals surface area contributed by atoms with E-state index in [1.54, 1.807) is 4.72 Å². The zero-order chi connectivity index (χ0) is 11.2. The number of halogens is 2. The van der Waals surface area contributed by atoms with Crippen molar-refractivity contribution in [2.75, 3.05) is 26.7 Å². The van der Waals surface area contributed by atoms with E-state index in [2.05, 4.69) is 0 Å². The van der Waals surface area contributed by atoms with Crippen LogP contribution in [0.15, 0.2) is 0 Å². The molecule has 0 aromatic carbocycles. The molecule has 0 unspecified atom stereocenters. The molecule has 0 saturated carbocycles. The second-order valence-corrected chi connectivity index (χ2v) is 4.57. The van der Waals surface area contributed by atoms with E-state index in [0.29, 0.717) is 13.0 Å². The normalized spacial score (nSPS) is 12.7. The van der Waals surface area contributed by atoms with Crippen molar-refractivity contribution in [3.8, 4) is 0 Å². The Hall–Kier alpha value is -0.310. The Kier molecular flexibility index (Phi) is 6.09. The number of nitrogens with two attached hydrogens (primary N) is 1. The highest BCUT2D eigenvalue weighted by molar-refractivity contribution is 7.87. The van der Waals surface area contributed by atoms with Crippen molar-refractivity contribution in [2.24, 2.45) is 5.73 Å². The quantitative estimate of drug-likeness (QED) is 0.612. The number of rotatable bonds is 7. The van der Waals surface area contributed by atoms with E-state index in [9.17, 15) is 17.2 Å². The third-order valence-electron chi connectivity index (χ3n) is 1.51. The molecule has 0 heterocycles. The molecule has 0 spiro atoms. The van der Waals surface area contributed by atoms with Gasteiger partial charge in [-0.3, -0.25) is 0 Å². The van der Waals surface area contributed by atoms with Gasteiger partial charge in [0.25, 0.3) is 16.6 Å². The molecule has 14 heavy (non-hydrogen) atoms. The SMILES string of the molecule is CN(CCCN)S(=O)(=O)NCC(F)F.